The number of alkyl carbamates (subject to hydrolysis) is 1. The normalized spacial score (nSPS) is 13.8. The number of ketones is 2. The predicted octanol–water partition coefficient (Wildman–Crippen LogP) is 17.6. The van der Waals surface area contributed by atoms with E-state index in [1.165, 1.54) is 77.9 Å². The van der Waals surface area contributed by atoms with Gasteiger partial charge in [0.05, 0.1) is 5.56 Å². The molecule has 0 unspecified atom stereocenters. The molecule has 8 N–H and O–H groups in total. The Morgan fingerprint density at radius 1 is 0.480 bits per heavy atom. The molecule has 14 nitrogen and oxygen atoms in total. The zero-order valence-electron chi connectivity index (χ0n) is 58.1. The molecule has 542 valence electrons. The lowest BCUT2D eigenvalue weighted by molar-refractivity contribution is -0.193. The number of nitrogens with two attached hydrogens (primary N) is 2. The van der Waals surface area contributed by atoms with Crippen LogP contribution >= 0.6 is 0 Å². The zero-order chi connectivity index (χ0) is 73.5. The molecular formula is C80H100F6N4O10. The highest BCUT2D eigenvalue weighted by molar-refractivity contribution is 5.98. The van der Waals surface area contributed by atoms with Crippen LogP contribution < -0.4 is 16.8 Å². The van der Waals surface area contributed by atoms with Crippen molar-refractivity contribution in [2.45, 2.75) is 170 Å². The van der Waals surface area contributed by atoms with Gasteiger partial charge in [-0.05, 0) is 220 Å². The topological polar surface area (TPSA) is 240 Å². The molecular weight excluding hydrogens is 1290 g/mol. The second-order valence-corrected chi connectivity index (χ2v) is 25.1. The summed E-state index contributed by atoms with van der Waals surface area (Å²) in [5.41, 5.74) is 31.9. The first-order valence-electron chi connectivity index (χ1n) is 33.6. The summed E-state index contributed by atoms with van der Waals surface area (Å²) in [7, 11) is 4.15. The number of benzene rings is 6. The van der Waals surface area contributed by atoms with Crippen molar-refractivity contribution in [3.05, 3.63) is 229 Å². The molecule has 3 aliphatic carbocycles. The number of aliphatic carboxylic acids is 2. The number of unbranched alkanes of at least 4 members (excludes halogenated alkanes) is 3. The molecule has 0 radical (unpaired) electrons. The van der Waals surface area contributed by atoms with E-state index in [2.05, 4.69) is 160 Å². The summed E-state index contributed by atoms with van der Waals surface area (Å²) < 4.78 is 68.4. The minimum absolute atomic E-state index is 0. The largest absolute Gasteiger partial charge is 0.490 e. The van der Waals surface area contributed by atoms with Crippen LogP contribution in [0.4, 0.5) is 31.1 Å². The maximum absolute atomic E-state index is 12.4. The number of amides is 1. The van der Waals surface area contributed by atoms with Crippen molar-refractivity contribution in [3.63, 3.8) is 0 Å². The van der Waals surface area contributed by atoms with Crippen molar-refractivity contribution < 1.29 is 75.2 Å². The lowest BCUT2D eigenvalue weighted by Crippen LogP contribution is -2.35. The number of nitrogens with zero attached hydrogens (tertiary/aromatic N) is 1. The van der Waals surface area contributed by atoms with E-state index in [0.717, 1.165) is 113 Å². The van der Waals surface area contributed by atoms with Crippen LogP contribution in [0.15, 0.2) is 146 Å². The minimum atomic E-state index is -5.08. The Morgan fingerprint density at radius 3 is 1.13 bits per heavy atom. The Hall–Kier alpha value is -8.98. The highest BCUT2D eigenvalue weighted by Crippen LogP contribution is 2.38. The maximum Gasteiger partial charge on any atom is 0.490 e. The molecule has 20 heteroatoms. The van der Waals surface area contributed by atoms with Gasteiger partial charge in [0.25, 0.3) is 0 Å². The number of rotatable bonds is 18. The van der Waals surface area contributed by atoms with Crippen LogP contribution in [0.1, 0.15) is 211 Å². The van der Waals surface area contributed by atoms with E-state index in [-0.39, 0.29) is 19.0 Å². The van der Waals surface area contributed by atoms with Crippen LogP contribution in [0.5, 0.6) is 0 Å². The number of hydrogen-bond acceptors (Lipinski definition) is 10. The Bertz CT molecular complexity index is 3610. The monoisotopic (exact) mass is 1390 g/mol. The first kappa shape index (κ1) is 85.2. The molecule has 1 amide bonds. The quantitative estimate of drug-likeness (QED) is 0.0347. The zero-order valence-corrected chi connectivity index (χ0v) is 58.1. The molecule has 0 saturated heterocycles. The van der Waals surface area contributed by atoms with Gasteiger partial charge in [-0.1, -0.05) is 169 Å². The molecule has 6 aromatic carbocycles. The van der Waals surface area contributed by atoms with Crippen molar-refractivity contribution in [2.24, 2.45) is 11.5 Å². The van der Waals surface area contributed by atoms with Crippen LogP contribution in [-0.4, -0.2) is 114 Å². The third-order valence-corrected chi connectivity index (χ3v) is 15.9. The number of carboxylic acids is 3. The minimum Gasteiger partial charge on any atom is -0.478 e. The standard InChI is InChI=1S/C24H28O.C23H27NO.C21H23NO2.C7H16N2O2.2C2HF3O2.CH4/c1-3-5-10-23-21-11-8-7-9-18(21)13-14-19-17-20(15-16-22(19)23)24(25)12-6-4-2;1-2-3-8-22-20-9-5-4-7-17(20)11-12-18-16-19(13-14-21(18)22)23(25)10-6-15-24;1-22(2)13-5-8-20-18-7-4-3-6-15(18)9-10-16-14-17(21(23)24)11-12-19(16)20;1-7(2,3)11-6(10)9-5-4-8;2*3-2(4,5)1(6)7;/h7-11,15-17H,3-6,12-14H2,1-2H3;4-5,7-9,13-14,16H,2-3,6,10-12,15,24H2,1H3;3-4,6-8,11-12,14H,5,9-10,13H2,1-2H3,(H,23,24);4-5,8H2,1-3H3,(H,9,10);2*(H,6,7);1H4/b23-10-;22-8-;20-8-;;;;. The fourth-order valence-corrected chi connectivity index (χ4v) is 11.0. The first-order chi connectivity index (χ1) is 46.9. The van der Waals surface area contributed by atoms with E-state index in [1.54, 1.807) is 6.07 Å². The van der Waals surface area contributed by atoms with Gasteiger partial charge in [0, 0.05) is 43.6 Å². The van der Waals surface area contributed by atoms with Crippen LogP contribution in [0.25, 0.3) is 16.7 Å². The van der Waals surface area contributed by atoms with Crippen molar-refractivity contribution in [1.82, 2.24) is 10.2 Å². The van der Waals surface area contributed by atoms with E-state index in [0.29, 0.717) is 38.0 Å². The number of ether oxygens (including phenoxy) is 1. The van der Waals surface area contributed by atoms with E-state index in [4.69, 9.17) is 36.0 Å². The number of hydrogen-bond donors (Lipinski definition) is 6. The average Bonchev–Trinajstić information content (AvgIpc) is 1.60. The van der Waals surface area contributed by atoms with Crippen LogP contribution in [0, 0.1) is 0 Å². The smallest absolute Gasteiger partial charge is 0.478 e. The van der Waals surface area contributed by atoms with Gasteiger partial charge in [-0.25, -0.2) is 19.2 Å². The number of halogens is 6. The Kier molecular flexibility index (Phi) is 36.0. The van der Waals surface area contributed by atoms with Gasteiger partial charge in [0.15, 0.2) is 11.6 Å². The van der Waals surface area contributed by atoms with Gasteiger partial charge < -0.3 is 41.7 Å². The summed E-state index contributed by atoms with van der Waals surface area (Å²) >= 11 is 0. The molecule has 9 rings (SSSR count). The van der Waals surface area contributed by atoms with Crippen molar-refractivity contribution in [3.8, 4) is 0 Å². The number of nitrogens with one attached hydrogen (secondary N) is 1. The Morgan fingerprint density at radius 2 is 0.810 bits per heavy atom. The number of Topliss-reactive ketones (excluding diaryl/α,β-unsaturated/α-hetero) is 2. The van der Waals surface area contributed by atoms with E-state index >= 15 is 0 Å². The third kappa shape index (κ3) is 28.0. The van der Waals surface area contributed by atoms with Gasteiger partial charge in [0.2, 0.25) is 0 Å². The predicted molar refractivity (Wildman–Crippen MR) is 386 cm³/mol. The van der Waals surface area contributed by atoms with Crippen molar-refractivity contribution >= 4 is 52.3 Å². The summed E-state index contributed by atoms with van der Waals surface area (Å²) in [5.74, 6) is -5.89. The van der Waals surface area contributed by atoms with Gasteiger partial charge in [-0.3, -0.25) is 9.59 Å². The molecule has 0 bridgehead atoms. The third-order valence-electron chi connectivity index (χ3n) is 15.9. The second kappa shape index (κ2) is 42.2. The molecule has 0 spiro atoms. The second-order valence-electron chi connectivity index (χ2n) is 25.1. The molecule has 0 heterocycles. The lowest BCUT2D eigenvalue weighted by atomic mass is 9.91. The van der Waals surface area contributed by atoms with Crippen LogP contribution in [0.3, 0.4) is 0 Å². The molecule has 0 saturated carbocycles. The Balaban J connectivity index is 0.000000332. The number of aryl methyl sites for hydroxylation is 6. The van der Waals surface area contributed by atoms with Crippen LogP contribution in [0.2, 0.25) is 0 Å². The molecule has 0 aromatic heterocycles. The Labute approximate surface area is 585 Å². The fourth-order valence-electron chi connectivity index (χ4n) is 11.0. The number of fused-ring (bicyclic) bond motifs is 6. The maximum atomic E-state index is 12.4. The highest BCUT2D eigenvalue weighted by atomic mass is 19.4. The first-order valence-corrected chi connectivity index (χ1v) is 33.6. The van der Waals surface area contributed by atoms with Crippen molar-refractivity contribution in [1.29, 1.82) is 0 Å². The SMILES string of the molecule is C.CC(C)(C)OC(=O)NCCN.CCC/C=C1/c2ccccc2CCc2cc(C(=O)CCCC)ccc21.CCC/C=C1/c2ccccc2CCc2cc(C(=O)CCCN)ccc21.CN(C)CC/C=C1/c2ccccc2CCc2cc(C(=O)O)ccc21.O=C(O)C(F)(F)F.O=C(O)C(F)(F)F. The van der Waals surface area contributed by atoms with Crippen molar-refractivity contribution in [2.75, 3.05) is 40.3 Å². The summed E-state index contributed by atoms with van der Waals surface area (Å²) in [4.78, 5) is 66.9. The number of allylic oxidation sites excluding steroid dienone is 2. The molecule has 0 fully saturated rings. The van der Waals surface area contributed by atoms with E-state index in [9.17, 15) is 50.6 Å². The average molecular weight is 1390 g/mol. The van der Waals surface area contributed by atoms with E-state index in [1.807, 2.05) is 45.0 Å². The van der Waals surface area contributed by atoms with Gasteiger partial charge in [0.1, 0.15) is 5.60 Å². The molecule has 0 aliphatic heterocycles. The molecule has 3 aliphatic rings. The number of carboxylic acid groups (broad SMARTS) is 3. The summed E-state index contributed by atoms with van der Waals surface area (Å²) in [6.07, 6.45) is 11.7. The number of carbonyl (C=O) groups is 6. The molecule has 100 heavy (non-hydrogen) atoms. The van der Waals surface area contributed by atoms with Gasteiger partial charge in [-0.15, -0.1) is 0 Å². The number of carbonyl (C=O) groups excluding carboxylic acids is 3. The van der Waals surface area contributed by atoms with E-state index < -0.39 is 42.0 Å². The lowest BCUT2D eigenvalue weighted by Gasteiger charge is -2.19. The van der Waals surface area contributed by atoms with Crippen LogP contribution in [-0.2, 0) is 52.9 Å². The summed E-state index contributed by atoms with van der Waals surface area (Å²) in [6, 6.07) is 44.1. The van der Waals surface area contributed by atoms with Gasteiger partial charge in [-0.2, -0.15) is 26.3 Å². The van der Waals surface area contributed by atoms with Gasteiger partial charge >= 0.3 is 36.4 Å². The number of aromatic carboxylic acids is 1. The summed E-state index contributed by atoms with van der Waals surface area (Å²) in [5, 5.41) is 26.0. The number of alkyl halides is 6. The highest BCUT2D eigenvalue weighted by Gasteiger charge is 2.39. The molecule has 6 aromatic rings. The summed E-state index contributed by atoms with van der Waals surface area (Å²) in [6.45, 7) is 14.4. The fraction of sp³-hybridized carbons (Fsp3) is 0.400. The molecule has 0 atom stereocenters.